The average Bonchev–Trinajstić information content (AvgIpc) is 2.90. The fourth-order valence-electron chi connectivity index (χ4n) is 2.72. The lowest BCUT2D eigenvalue weighted by molar-refractivity contribution is 0.297. The Hall–Kier alpha value is -1.73. The van der Waals surface area contributed by atoms with Crippen LogP contribution in [0, 0.1) is 11.3 Å². The van der Waals surface area contributed by atoms with Gasteiger partial charge < -0.3 is 15.7 Å². The zero-order valence-corrected chi connectivity index (χ0v) is 10.5. The lowest BCUT2D eigenvalue weighted by atomic mass is 10.1. The molecule has 0 unspecified atom stereocenters. The predicted octanol–water partition coefficient (Wildman–Crippen LogP) is 1.88. The minimum absolute atomic E-state index is 0.104. The smallest absolute Gasteiger partial charge is 0.101 e. The Balaban J connectivity index is 2.33. The van der Waals surface area contributed by atoms with Gasteiger partial charge in [-0.1, -0.05) is 18.9 Å². The van der Waals surface area contributed by atoms with Gasteiger partial charge in [-0.05, 0) is 25.0 Å². The molecule has 0 aromatic heterocycles. The first-order valence-electron chi connectivity index (χ1n) is 6.44. The van der Waals surface area contributed by atoms with Crippen molar-refractivity contribution >= 4 is 11.4 Å². The van der Waals surface area contributed by atoms with Crippen LogP contribution < -0.4 is 10.6 Å². The number of nitrogens with zero attached hydrogens (tertiary/aromatic N) is 2. The number of aliphatic hydroxyl groups excluding tert-OH is 1. The van der Waals surface area contributed by atoms with Crippen LogP contribution in [0.25, 0.3) is 0 Å². The molecule has 0 amide bonds. The summed E-state index contributed by atoms with van der Waals surface area (Å²) in [5, 5.41) is 18.3. The molecule has 4 heteroatoms. The SMILES string of the molecule is N#Cc1cccc(N(CCO)C2CCCC2)c1N. The maximum absolute atomic E-state index is 9.23. The Kier molecular flexibility index (Phi) is 4.06. The van der Waals surface area contributed by atoms with Gasteiger partial charge in [0, 0.05) is 12.6 Å². The van der Waals surface area contributed by atoms with Gasteiger partial charge >= 0.3 is 0 Å². The van der Waals surface area contributed by atoms with E-state index < -0.39 is 0 Å². The summed E-state index contributed by atoms with van der Waals surface area (Å²) in [5.74, 6) is 0. The van der Waals surface area contributed by atoms with Gasteiger partial charge in [0.25, 0.3) is 0 Å². The van der Waals surface area contributed by atoms with Gasteiger partial charge in [0.2, 0.25) is 0 Å². The third kappa shape index (κ3) is 2.41. The molecule has 0 heterocycles. The van der Waals surface area contributed by atoms with Gasteiger partial charge in [0.1, 0.15) is 6.07 Å². The molecule has 1 aromatic rings. The van der Waals surface area contributed by atoms with Gasteiger partial charge in [0.15, 0.2) is 0 Å². The first kappa shape index (κ1) is 12.7. The normalized spacial score (nSPS) is 15.6. The molecule has 0 bridgehead atoms. The van der Waals surface area contributed by atoms with Crippen molar-refractivity contribution in [1.29, 1.82) is 5.26 Å². The first-order chi connectivity index (χ1) is 8.77. The standard InChI is InChI=1S/C14H19N3O/c15-10-11-4-3-7-13(14(11)16)17(8-9-18)12-5-1-2-6-12/h3-4,7,12,18H,1-2,5-6,8-9,16H2. The minimum Gasteiger partial charge on any atom is -0.396 e. The second-order valence-electron chi connectivity index (χ2n) is 4.71. The van der Waals surface area contributed by atoms with E-state index >= 15 is 0 Å². The number of hydrogen-bond donors (Lipinski definition) is 2. The third-order valence-corrected chi connectivity index (χ3v) is 3.62. The molecule has 0 radical (unpaired) electrons. The van der Waals surface area contributed by atoms with Crippen LogP contribution in [0.4, 0.5) is 11.4 Å². The van der Waals surface area contributed by atoms with Crippen molar-refractivity contribution in [1.82, 2.24) is 0 Å². The van der Waals surface area contributed by atoms with E-state index in [0.29, 0.717) is 23.8 Å². The Bertz CT molecular complexity index is 447. The van der Waals surface area contributed by atoms with Crippen LogP contribution in [0.1, 0.15) is 31.2 Å². The molecule has 1 aromatic carbocycles. The van der Waals surface area contributed by atoms with E-state index in [1.807, 2.05) is 12.1 Å². The van der Waals surface area contributed by atoms with Crippen molar-refractivity contribution in [2.75, 3.05) is 23.8 Å². The maximum Gasteiger partial charge on any atom is 0.101 e. The van der Waals surface area contributed by atoms with Crippen molar-refractivity contribution in [3.63, 3.8) is 0 Å². The van der Waals surface area contributed by atoms with Crippen LogP contribution in [0.3, 0.4) is 0 Å². The van der Waals surface area contributed by atoms with Crippen LogP contribution in [-0.2, 0) is 0 Å². The largest absolute Gasteiger partial charge is 0.396 e. The maximum atomic E-state index is 9.23. The molecule has 1 aliphatic rings. The molecule has 18 heavy (non-hydrogen) atoms. The zero-order chi connectivity index (χ0) is 13.0. The van der Waals surface area contributed by atoms with Crippen LogP contribution >= 0.6 is 0 Å². The van der Waals surface area contributed by atoms with E-state index in [4.69, 9.17) is 11.0 Å². The van der Waals surface area contributed by atoms with Gasteiger partial charge in [-0.2, -0.15) is 5.26 Å². The summed E-state index contributed by atoms with van der Waals surface area (Å²) in [6.07, 6.45) is 4.72. The fourth-order valence-corrected chi connectivity index (χ4v) is 2.72. The summed E-state index contributed by atoms with van der Waals surface area (Å²) >= 11 is 0. The highest BCUT2D eigenvalue weighted by molar-refractivity contribution is 5.74. The molecule has 1 fully saturated rings. The lowest BCUT2D eigenvalue weighted by Gasteiger charge is -2.31. The van der Waals surface area contributed by atoms with Crippen molar-refractivity contribution in [2.24, 2.45) is 0 Å². The quantitative estimate of drug-likeness (QED) is 0.794. The van der Waals surface area contributed by atoms with Gasteiger partial charge in [0.05, 0.1) is 23.5 Å². The molecule has 1 saturated carbocycles. The number of nitriles is 1. The van der Waals surface area contributed by atoms with Crippen LogP contribution in [-0.4, -0.2) is 24.3 Å². The Morgan fingerprint density at radius 3 is 2.72 bits per heavy atom. The lowest BCUT2D eigenvalue weighted by Crippen LogP contribution is -2.36. The van der Waals surface area contributed by atoms with E-state index in [2.05, 4.69) is 11.0 Å². The van der Waals surface area contributed by atoms with Gasteiger partial charge in [-0.15, -0.1) is 0 Å². The minimum atomic E-state index is 0.104. The molecular formula is C14H19N3O. The van der Waals surface area contributed by atoms with E-state index in [-0.39, 0.29) is 6.61 Å². The average molecular weight is 245 g/mol. The number of rotatable bonds is 4. The number of anilines is 2. The van der Waals surface area contributed by atoms with Crippen molar-refractivity contribution in [3.05, 3.63) is 23.8 Å². The number of aliphatic hydroxyl groups is 1. The highest BCUT2D eigenvalue weighted by Gasteiger charge is 2.24. The number of nitrogen functional groups attached to an aromatic ring is 1. The monoisotopic (exact) mass is 245 g/mol. The van der Waals surface area contributed by atoms with E-state index in [1.165, 1.54) is 12.8 Å². The Morgan fingerprint density at radius 1 is 1.39 bits per heavy atom. The second-order valence-corrected chi connectivity index (χ2v) is 4.71. The molecule has 0 saturated heterocycles. The second kappa shape index (κ2) is 5.74. The molecule has 3 N–H and O–H groups in total. The Labute approximate surface area is 108 Å². The summed E-state index contributed by atoms with van der Waals surface area (Å²) in [7, 11) is 0. The summed E-state index contributed by atoms with van der Waals surface area (Å²) in [4.78, 5) is 2.16. The van der Waals surface area contributed by atoms with Gasteiger partial charge in [-0.3, -0.25) is 0 Å². The number of benzene rings is 1. The molecule has 4 nitrogen and oxygen atoms in total. The molecular weight excluding hydrogens is 226 g/mol. The fraction of sp³-hybridized carbons (Fsp3) is 0.500. The number of nitrogens with two attached hydrogens (primary N) is 1. The van der Waals surface area contributed by atoms with Gasteiger partial charge in [-0.25, -0.2) is 0 Å². The highest BCUT2D eigenvalue weighted by Crippen LogP contribution is 2.32. The summed E-state index contributed by atoms with van der Waals surface area (Å²) in [5.41, 5.74) is 7.97. The Morgan fingerprint density at radius 2 is 2.11 bits per heavy atom. The first-order valence-corrected chi connectivity index (χ1v) is 6.44. The van der Waals surface area contributed by atoms with Crippen molar-refractivity contribution in [3.8, 4) is 6.07 Å². The molecule has 2 rings (SSSR count). The summed E-state index contributed by atoms with van der Waals surface area (Å²) in [6, 6.07) is 8.06. The zero-order valence-electron chi connectivity index (χ0n) is 10.5. The van der Waals surface area contributed by atoms with Crippen LogP contribution in [0.5, 0.6) is 0 Å². The van der Waals surface area contributed by atoms with Crippen LogP contribution in [0.2, 0.25) is 0 Å². The van der Waals surface area contributed by atoms with E-state index in [9.17, 15) is 5.11 Å². The number of para-hydroxylation sites is 1. The third-order valence-electron chi connectivity index (χ3n) is 3.62. The molecule has 1 aliphatic carbocycles. The molecule has 0 spiro atoms. The summed E-state index contributed by atoms with van der Waals surface area (Å²) < 4.78 is 0. The molecule has 96 valence electrons. The van der Waals surface area contributed by atoms with E-state index in [1.54, 1.807) is 6.07 Å². The molecule has 0 aliphatic heterocycles. The highest BCUT2D eigenvalue weighted by atomic mass is 16.3. The van der Waals surface area contributed by atoms with E-state index in [0.717, 1.165) is 18.5 Å². The van der Waals surface area contributed by atoms with Crippen molar-refractivity contribution in [2.45, 2.75) is 31.7 Å². The number of hydrogen-bond acceptors (Lipinski definition) is 4. The topological polar surface area (TPSA) is 73.3 Å². The summed E-state index contributed by atoms with van der Waals surface area (Å²) in [6.45, 7) is 0.677. The molecule has 0 atom stereocenters. The van der Waals surface area contributed by atoms with Crippen LogP contribution in [0.15, 0.2) is 18.2 Å². The van der Waals surface area contributed by atoms with Crippen molar-refractivity contribution < 1.29 is 5.11 Å². The predicted molar refractivity (Wildman–Crippen MR) is 72.3 cm³/mol.